The van der Waals surface area contributed by atoms with E-state index >= 15 is 0 Å². The van der Waals surface area contributed by atoms with E-state index in [0.717, 1.165) is 25.3 Å². The van der Waals surface area contributed by atoms with E-state index < -0.39 is 0 Å². The summed E-state index contributed by atoms with van der Waals surface area (Å²) in [7, 11) is 0. The molecule has 0 bridgehead atoms. The van der Waals surface area contributed by atoms with Crippen molar-refractivity contribution >= 4 is 11.6 Å². The van der Waals surface area contributed by atoms with E-state index in [1.165, 1.54) is 19.3 Å². The number of ether oxygens (including phenoxy) is 1. The summed E-state index contributed by atoms with van der Waals surface area (Å²) >= 11 is 6.01. The summed E-state index contributed by atoms with van der Waals surface area (Å²) in [6.45, 7) is 6.28. The zero-order valence-electron chi connectivity index (χ0n) is 11.4. The summed E-state index contributed by atoms with van der Waals surface area (Å²) in [5.74, 6) is 0.788. The van der Waals surface area contributed by atoms with Gasteiger partial charge in [-0.15, -0.1) is 0 Å². The second-order valence-corrected chi connectivity index (χ2v) is 5.04. The van der Waals surface area contributed by atoms with Gasteiger partial charge < -0.3 is 10.1 Å². The van der Waals surface area contributed by atoms with Crippen molar-refractivity contribution in [1.29, 1.82) is 0 Å². The molecule has 0 aliphatic heterocycles. The molecule has 1 unspecified atom stereocenters. The Kier molecular flexibility index (Phi) is 7.86. The van der Waals surface area contributed by atoms with Crippen molar-refractivity contribution in [3.8, 4) is 5.75 Å². The van der Waals surface area contributed by atoms with E-state index in [0.29, 0.717) is 11.1 Å². The summed E-state index contributed by atoms with van der Waals surface area (Å²) in [4.78, 5) is 0. The van der Waals surface area contributed by atoms with Crippen LogP contribution in [0.1, 0.15) is 39.5 Å². The molecule has 1 aromatic carbocycles. The monoisotopic (exact) mass is 269 g/mol. The summed E-state index contributed by atoms with van der Waals surface area (Å²) in [6.07, 6.45) is 4.65. The van der Waals surface area contributed by atoms with Gasteiger partial charge in [-0.3, -0.25) is 0 Å². The summed E-state index contributed by atoms with van der Waals surface area (Å²) in [5.41, 5.74) is 0. The maximum Gasteiger partial charge on any atom is 0.137 e. The lowest BCUT2D eigenvalue weighted by atomic mass is 10.1. The number of para-hydroxylation sites is 1. The highest BCUT2D eigenvalue weighted by Crippen LogP contribution is 2.23. The maximum absolute atomic E-state index is 6.01. The van der Waals surface area contributed by atoms with Crippen LogP contribution in [-0.4, -0.2) is 19.2 Å². The van der Waals surface area contributed by atoms with Crippen LogP contribution in [0.4, 0.5) is 0 Å². The van der Waals surface area contributed by atoms with E-state index in [-0.39, 0.29) is 0 Å². The molecular formula is C15H24ClNO. The fraction of sp³-hybridized carbons (Fsp3) is 0.600. The third-order valence-corrected chi connectivity index (χ3v) is 3.18. The van der Waals surface area contributed by atoms with Crippen LogP contribution in [0.3, 0.4) is 0 Å². The minimum absolute atomic E-state index is 0.602. The van der Waals surface area contributed by atoms with Crippen molar-refractivity contribution < 1.29 is 4.74 Å². The first-order valence-corrected chi connectivity index (χ1v) is 7.22. The minimum atomic E-state index is 0.602. The Morgan fingerprint density at radius 3 is 2.78 bits per heavy atom. The number of hydrogen-bond acceptors (Lipinski definition) is 2. The molecule has 0 saturated heterocycles. The van der Waals surface area contributed by atoms with Gasteiger partial charge in [-0.05, 0) is 51.3 Å². The summed E-state index contributed by atoms with van der Waals surface area (Å²) in [5, 5.41) is 4.18. The molecule has 0 fully saturated rings. The lowest BCUT2D eigenvalue weighted by Gasteiger charge is -2.13. The maximum atomic E-state index is 6.01. The average Bonchev–Trinajstić information content (AvgIpc) is 2.38. The lowest BCUT2D eigenvalue weighted by molar-refractivity contribution is 0.302. The van der Waals surface area contributed by atoms with Crippen LogP contribution in [0.2, 0.25) is 5.02 Å². The van der Waals surface area contributed by atoms with Crippen molar-refractivity contribution in [2.75, 3.05) is 13.2 Å². The van der Waals surface area contributed by atoms with Gasteiger partial charge in [0, 0.05) is 6.04 Å². The molecule has 18 heavy (non-hydrogen) atoms. The molecule has 2 nitrogen and oxygen atoms in total. The average molecular weight is 270 g/mol. The Hall–Kier alpha value is -0.730. The highest BCUT2D eigenvalue weighted by Gasteiger charge is 2.01. The smallest absolute Gasteiger partial charge is 0.137 e. The van der Waals surface area contributed by atoms with Crippen molar-refractivity contribution in [3.63, 3.8) is 0 Å². The van der Waals surface area contributed by atoms with Gasteiger partial charge in [-0.1, -0.05) is 30.7 Å². The molecule has 0 aliphatic rings. The standard InChI is InChI=1S/C15H24ClNO/c1-3-11-17-13(2)8-6-7-12-18-15-10-5-4-9-14(15)16/h4-5,9-10,13,17H,3,6-8,11-12H2,1-2H3. The molecule has 0 saturated carbocycles. The minimum Gasteiger partial charge on any atom is -0.492 e. The Bertz CT molecular complexity index is 330. The van der Waals surface area contributed by atoms with E-state index in [4.69, 9.17) is 16.3 Å². The van der Waals surface area contributed by atoms with E-state index in [1.807, 2.05) is 24.3 Å². The van der Waals surface area contributed by atoms with Crippen LogP contribution in [0.15, 0.2) is 24.3 Å². The molecule has 0 radical (unpaired) electrons. The molecule has 0 aromatic heterocycles. The normalized spacial score (nSPS) is 12.4. The molecule has 1 atom stereocenters. The fourth-order valence-electron chi connectivity index (χ4n) is 1.79. The quantitative estimate of drug-likeness (QED) is 0.676. The van der Waals surface area contributed by atoms with Gasteiger partial charge in [-0.2, -0.15) is 0 Å². The van der Waals surface area contributed by atoms with E-state index in [1.54, 1.807) is 0 Å². The van der Waals surface area contributed by atoms with E-state index in [9.17, 15) is 0 Å². The van der Waals surface area contributed by atoms with Crippen molar-refractivity contribution in [2.45, 2.75) is 45.6 Å². The molecule has 0 amide bonds. The molecule has 102 valence electrons. The van der Waals surface area contributed by atoms with Crippen LogP contribution in [0.25, 0.3) is 0 Å². The van der Waals surface area contributed by atoms with Gasteiger partial charge in [0.25, 0.3) is 0 Å². The van der Waals surface area contributed by atoms with Crippen LogP contribution >= 0.6 is 11.6 Å². The Labute approximate surface area is 116 Å². The van der Waals surface area contributed by atoms with Gasteiger partial charge in [0.15, 0.2) is 0 Å². The molecule has 3 heteroatoms. The van der Waals surface area contributed by atoms with Crippen LogP contribution in [-0.2, 0) is 0 Å². The predicted molar refractivity (Wildman–Crippen MR) is 78.6 cm³/mol. The first kappa shape index (κ1) is 15.3. The fourth-order valence-corrected chi connectivity index (χ4v) is 1.98. The summed E-state index contributed by atoms with van der Waals surface area (Å²) in [6, 6.07) is 8.22. The molecule has 1 aromatic rings. The molecule has 1 rings (SSSR count). The van der Waals surface area contributed by atoms with Crippen molar-refractivity contribution in [3.05, 3.63) is 29.3 Å². The Balaban J connectivity index is 2.07. The van der Waals surface area contributed by atoms with Crippen LogP contribution in [0, 0.1) is 0 Å². The predicted octanol–water partition coefficient (Wildman–Crippen LogP) is 4.28. The van der Waals surface area contributed by atoms with Crippen LogP contribution < -0.4 is 10.1 Å². The molecule has 0 spiro atoms. The number of benzene rings is 1. The zero-order chi connectivity index (χ0) is 13.2. The third-order valence-electron chi connectivity index (χ3n) is 2.87. The highest BCUT2D eigenvalue weighted by atomic mass is 35.5. The molecule has 0 aliphatic carbocycles. The van der Waals surface area contributed by atoms with Gasteiger partial charge in [0.1, 0.15) is 5.75 Å². The largest absolute Gasteiger partial charge is 0.492 e. The number of halogens is 1. The number of unbranched alkanes of at least 4 members (excludes halogenated alkanes) is 1. The van der Waals surface area contributed by atoms with Gasteiger partial charge in [0.2, 0.25) is 0 Å². The van der Waals surface area contributed by atoms with Crippen molar-refractivity contribution in [2.24, 2.45) is 0 Å². The first-order valence-electron chi connectivity index (χ1n) is 6.84. The molecule has 1 N–H and O–H groups in total. The van der Waals surface area contributed by atoms with Crippen molar-refractivity contribution in [1.82, 2.24) is 5.32 Å². The molecule has 0 heterocycles. The van der Waals surface area contributed by atoms with Gasteiger partial charge in [-0.25, -0.2) is 0 Å². The SMILES string of the molecule is CCCNC(C)CCCCOc1ccccc1Cl. The van der Waals surface area contributed by atoms with Gasteiger partial charge >= 0.3 is 0 Å². The number of hydrogen-bond donors (Lipinski definition) is 1. The Morgan fingerprint density at radius 2 is 2.06 bits per heavy atom. The highest BCUT2D eigenvalue weighted by molar-refractivity contribution is 6.32. The second-order valence-electron chi connectivity index (χ2n) is 4.63. The number of rotatable bonds is 9. The van der Waals surface area contributed by atoms with Gasteiger partial charge in [0.05, 0.1) is 11.6 Å². The Morgan fingerprint density at radius 1 is 1.28 bits per heavy atom. The molecular weight excluding hydrogens is 246 g/mol. The second kappa shape index (κ2) is 9.23. The first-order chi connectivity index (χ1) is 8.74. The third kappa shape index (κ3) is 6.27. The van der Waals surface area contributed by atoms with E-state index in [2.05, 4.69) is 19.2 Å². The lowest BCUT2D eigenvalue weighted by Crippen LogP contribution is -2.26. The topological polar surface area (TPSA) is 21.3 Å². The number of nitrogens with one attached hydrogen (secondary N) is 1. The van der Waals surface area contributed by atoms with Crippen LogP contribution in [0.5, 0.6) is 5.75 Å². The zero-order valence-corrected chi connectivity index (χ0v) is 12.2. The summed E-state index contributed by atoms with van der Waals surface area (Å²) < 4.78 is 5.65.